The summed E-state index contributed by atoms with van der Waals surface area (Å²) < 4.78 is 0. The summed E-state index contributed by atoms with van der Waals surface area (Å²) in [6, 6.07) is 52.8. The zero-order chi connectivity index (χ0) is 27.7. The normalized spacial score (nSPS) is 13.4. The van der Waals surface area contributed by atoms with E-state index in [1.54, 1.807) is 0 Å². The molecule has 0 atom stereocenters. The molecule has 9 rings (SSSR count). The van der Waals surface area contributed by atoms with E-state index in [1.165, 1.54) is 44.5 Å². The SMILES string of the molecule is c1ccc2c(c1)-c1ccccc1C21c2ccccc2-c2ccc(Nc3ccc(-c4cnc5ccccc5c4)cc3)cc21. The fraction of sp³-hybridized carbons (Fsp3) is 0.0250. The first-order valence-electron chi connectivity index (χ1n) is 14.5. The van der Waals surface area contributed by atoms with E-state index >= 15 is 0 Å². The standard InChI is InChI=1S/C40H26N2/c1-8-16-39-27(9-1)23-28(25-41-39)26-17-19-29(20-18-26)42-30-21-22-34-33-12-4-7-15-37(33)40(38(34)24-30)35-13-5-2-10-31(35)32-11-3-6-14-36(32)40/h1-25,42H. The number of pyridine rings is 1. The van der Waals surface area contributed by atoms with Gasteiger partial charge in [0.1, 0.15) is 0 Å². The van der Waals surface area contributed by atoms with Crippen molar-refractivity contribution < 1.29 is 0 Å². The zero-order valence-electron chi connectivity index (χ0n) is 22.9. The number of para-hydroxylation sites is 1. The Morgan fingerprint density at radius 3 is 1.64 bits per heavy atom. The fourth-order valence-electron chi connectivity index (χ4n) is 7.31. The smallest absolute Gasteiger partial charge is 0.0726 e. The largest absolute Gasteiger partial charge is 0.356 e. The number of rotatable bonds is 3. The molecule has 1 aromatic heterocycles. The Balaban J connectivity index is 1.14. The van der Waals surface area contributed by atoms with Crippen molar-refractivity contribution in [3.05, 3.63) is 174 Å². The van der Waals surface area contributed by atoms with Gasteiger partial charge in [-0.2, -0.15) is 0 Å². The number of benzene rings is 6. The molecule has 0 saturated heterocycles. The van der Waals surface area contributed by atoms with Crippen molar-refractivity contribution in [2.24, 2.45) is 0 Å². The molecule has 0 aliphatic heterocycles. The third-order valence-electron chi connectivity index (χ3n) is 9.09. The Morgan fingerprint density at radius 2 is 0.976 bits per heavy atom. The Hall–Kier alpha value is -5.47. The van der Waals surface area contributed by atoms with E-state index in [0.717, 1.165) is 33.4 Å². The van der Waals surface area contributed by atoms with Gasteiger partial charge in [0.05, 0.1) is 10.9 Å². The number of nitrogens with zero attached hydrogens (tertiary/aromatic N) is 1. The second-order valence-electron chi connectivity index (χ2n) is 11.3. The molecule has 6 aromatic carbocycles. The number of hydrogen-bond acceptors (Lipinski definition) is 2. The van der Waals surface area contributed by atoms with Crippen LogP contribution in [0.1, 0.15) is 22.3 Å². The molecule has 7 aromatic rings. The molecule has 0 radical (unpaired) electrons. The molecule has 0 bridgehead atoms. The maximum absolute atomic E-state index is 4.65. The van der Waals surface area contributed by atoms with Crippen LogP contribution in [0.5, 0.6) is 0 Å². The molecule has 1 heterocycles. The van der Waals surface area contributed by atoms with Crippen molar-refractivity contribution in [3.8, 4) is 33.4 Å². The predicted octanol–water partition coefficient (Wildman–Crippen LogP) is 9.99. The molecule has 0 fully saturated rings. The minimum Gasteiger partial charge on any atom is -0.356 e. The molecule has 2 heteroatoms. The van der Waals surface area contributed by atoms with Gasteiger partial charge in [0.15, 0.2) is 0 Å². The molecular formula is C40H26N2. The van der Waals surface area contributed by atoms with E-state index in [0.29, 0.717) is 0 Å². The topological polar surface area (TPSA) is 24.9 Å². The van der Waals surface area contributed by atoms with Crippen LogP contribution in [0.3, 0.4) is 0 Å². The van der Waals surface area contributed by atoms with Crippen molar-refractivity contribution in [1.82, 2.24) is 4.98 Å². The van der Waals surface area contributed by atoms with Crippen LogP contribution in [0, 0.1) is 0 Å². The van der Waals surface area contributed by atoms with Crippen LogP contribution in [-0.4, -0.2) is 4.98 Å². The van der Waals surface area contributed by atoms with Crippen molar-refractivity contribution in [1.29, 1.82) is 0 Å². The minimum atomic E-state index is -0.330. The molecule has 196 valence electrons. The van der Waals surface area contributed by atoms with Crippen LogP contribution in [0.25, 0.3) is 44.3 Å². The molecule has 0 amide bonds. The van der Waals surface area contributed by atoms with Crippen molar-refractivity contribution >= 4 is 22.3 Å². The summed E-state index contributed by atoms with van der Waals surface area (Å²) in [7, 11) is 0. The van der Waals surface area contributed by atoms with Crippen molar-refractivity contribution in [2.75, 3.05) is 5.32 Å². The number of nitrogens with one attached hydrogen (secondary N) is 1. The first-order chi connectivity index (χ1) is 20.8. The van der Waals surface area contributed by atoms with Crippen LogP contribution in [-0.2, 0) is 5.41 Å². The van der Waals surface area contributed by atoms with Gasteiger partial charge in [-0.15, -0.1) is 0 Å². The maximum atomic E-state index is 4.65. The molecular weight excluding hydrogens is 508 g/mol. The monoisotopic (exact) mass is 534 g/mol. The summed E-state index contributed by atoms with van der Waals surface area (Å²) in [5, 5.41) is 4.86. The predicted molar refractivity (Wildman–Crippen MR) is 173 cm³/mol. The number of hydrogen-bond donors (Lipinski definition) is 1. The zero-order valence-corrected chi connectivity index (χ0v) is 22.9. The summed E-state index contributed by atoms with van der Waals surface area (Å²) in [4.78, 5) is 4.65. The van der Waals surface area contributed by atoms with Crippen molar-refractivity contribution in [2.45, 2.75) is 5.41 Å². The summed E-state index contributed by atoms with van der Waals surface area (Å²) in [5.74, 6) is 0. The van der Waals surface area contributed by atoms with Gasteiger partial charge < -0.3 is 5.32 Å². The summed E-state index contributed by atoms with van der Waals surface area (Å²) in [6.07, 6.45) is 1.96. The van der Waals surface area contributed by atoms with Gasteiger partial charge in [-0.05, 0) is 86.5 Å². The van der Waals surface area contributed by atoms with E-state index < -0.39 is 0 Å². The average molecular weight is 535 g/mol. The van der Waals surface area contributed by atoms with Gasteiger partial charge in [0.25, 0.3) is 0 Å². The molecule has 1 N–H and O–H groups in total. The Kier molecular flexibility index (Phi) is 4.85. The highest BCUT2D eigenvalue weighted by Gasteiger charge is 2.51. The molecule has 2 aliphatic carbocycles. The van der Waals surface area contributed by atoms with Gasteiger partial charge in [-0.1, -0.05) is 109 Å². The second kappa shape index (κ2) is 8.76. The van der Waals surface area contributed by atoms with Gasteiger partial charge >= 0.3 is 0 Å². The number of anilines is 2. The average Bonchev–Trinajstić information content (AvgIpc) is 3.52. The van der Waals surface area contributed by atoms with Crippen LogP contribution in [0.2, 0.25) is 0 Å². The van der Waals surface area contributed by atoms with Gasteiger partial charge in [0.2, 0.25) is 0 Å². The lowest BCUT2D eigenvalue weighted by Gasteiger charge is -2.30. The third-order valence-corrected chi connectivity index (χ3v) is 9.09. The highest BCUT2D eigenvalue weighted by atomic mass is 14.9. The highest BCUT2D eigenvalue weighted by molar-refractivity contribution is 5.95. The number of aromatic nitrogens is 1. The van der Waals surface area contributed by atoms with Crippen LogP contribution in [0.15, 0.2) is 152 Å². The second-order valence-corrected chi connectivity index (χ2v) is 11.3. The fourth-order valence-corrected chi connectivity index (χ4v) is 7.31. The van der Waals surface area contributed by atoms with Crippen LogP contribution >= 0.6 is 0 Å². The van der Waals surface area contributed by atoms with E-state index in [2.05, 4.69) is 144 Å². The lowest BCUT2D eigenvalue weighted by molar-refractivity contribution is 0.794. The molecule has 2 nitrogen and oxygen atoms in total. The van der Waals surface area contributed by atoms with E-state index in [4.69, 9.17) is 0 Å². The maximum Gasteiger partial charge on any atom is 0.0726 e. The molecule has 42 heavy (non-hydrogen) atoms. The molecule has 1 spiro atoms. The molecule has 0 unspecified atom stereocenters. The van der Waals surface area contributed by atoms with Crippen molar-refractivity contribution in [3.63, 3.8) is 0 Å². The summed E-state index contributed by atoms with van der Waals surface area (Å²) in [6.45, 7) is 0. The summed E-state index contributed by atoms with van der Waals surface area (Å²) >= 11 is 0. The van der Waals surface area contributed by atoms with E-state index in [9.17, 15) is 0 Å². The Labute approximate surface area is 245 Å². The first-order valence-corrected chi connectivity index (χ1v) is 14.5. The van der Waals surface area contributed by atoms with Crippen LogP contribution < -0.4 is 5.32 Å². The first kappa shape index (κ1) is 23.3. The summed E-state index contributed by atoms with van der Waals surface area (Å²) in [5.41, 5.74) is 15.8. The third kappa shape index (κ3) is 3.18. The highest BCUT2D eigenvalue weighted by Crippen LogP contribution is 2.62. The van der Waals surface area contributed by atoms with Gasteiger partial charge in [-0.25, -0.2) is 0 Å². The van der Waals surface area contributed by atoms with Crippen LogP contribution in [0.4, 0.5) is 11.4 Å². The molecule has 2 aliphatic rings. The van der Waals surface area contributed by atoms with E-state index in [1.807, 2.05) is 18.3 Å². The van der Waals surface area contributed by atoms with Gasteiger partial charge in [-0.3, -0.25) is 4.98 Å². The van der Waals surface area contributed by atoms with Gasteiger partial charge in [0, 0.05) is 28.5 Å². The van der Waals surface area contributed by atoms with E-state index in [-0.39, 0.29) is 5.41 Å². The molecule has 0 saturated carbocycles. The minimum absolute atomic E-state index is 0.330. The Bertz CT molecular complexity index is 2110. The quantitative estimate of drug-likeness (QED) is 0.244. The lowest BCUT2D eigenvalue weighted by atomic mass is 9.70. The Morgan fingerprint density at radius 1 is 0.429 bits per heavy atom. The number of fused-ring (bicyclic) bond motifs is 11. The lowest BCUT2D eigenvalue weighted by Crippen LogP contribution is -2.25.